The number of imidazole rings is 1. The lowest BCUT2D eigenvalue weighted by molar-refractivity contribution is 0.414. The van der Waals surface area contributed by atoms with Gasteiger partial charge in [-0.1, -0.05) is 24.3 Å². The minimum absolute atomic E-state index is 0.215. The number of aromatic nitrogens is 2. The predicted octanol–water partition coefficient (Wildman–Crippen LogP) is 4.16. The van der Waals surface area contributed by atoms with Crippen LogP contribution in [0.3, 0.4) is 0 Å². The van der Waals surface area contributed by atoms with Gasteiger partial charge >= 0.3 is 0 Å². The van der Waals surface area contributed by atoms with Crippen LogP contribution in [0, 0.1) is 0 Å². The standard InChI is InChI=1S/C19H23N3OS/c1-23-15-9-7-14(8-10-15)13-20-18(11-12-24-2)19-21-16-5-3-4-6-17(16)22-19/h3-10,18,20H,11-13H2,1-2H3,(H,21,22). The zero-order valence-electron chi connectivity index (χ0n) is 14.1. The number of nitrogens with one attached hydrogen (secondary N) is 2. The van der Waals surface area contributed by atoms with Crippen LogP contribution in [0.2, 0.25) is 0 Å². The van der Waals surface area contributed by atoms with E-state index in [2.05, 4.69) is 34.8 Å². The smallest absolute Gasteiger partial charge is 0.124 e. The molecule has 1 aromatic heterocycles. The van der Waals surface area contributed by atoms with Gasteiger partial charge in [-0.2, -0.15) is 11.8 Å². The molecule has 0 aliphatic carbocycles. The molecule has 2 aromatic carbocycles. The maximum absolute atomic E-state index is 5.21. The van der Waals surface area contributed by atoms with Gasteiger partial charge in [-0.05, 0) is 48.3 Å². The first-order valence-corrected chi connectivity index (χ1v) is 9.49. The van der Waals surface area contributed by atoms with Crippen molar-refractivity contribution in [1.29, 1.82) is 0 Å². The fourth-order valence-electron chi connectivity index (χ4n) is 2.69. The summed E-state index contributed by atoms with van der Waals surface area (Å²) >= 11 is 1.86. The topological polar surface area (TPSA) is 49.9 Å². The van der Waals surface area contributed by atoms with Gasteiger partial charge in [0.2, 0.25) is 0 Å². The Morgan fingerprint density at radius 2 is 1.96 bits per heavy atom. The van der Waals surface area contributed by atoms with E-state index in [9.17, 15) is 0 Å². The van der Waals surface area contributed by atoms with Crippen LogP contribution in [0.1, 0.15) is 23.9 Å². The van der Waals surface area contributed by atoms with Crippen molar-refractivity contribution in [2.45, 2.75) is 19.0 Å². The Morgan fingerprint density at radius 1 is 1.17 bits per heavy atom. The predicted molar refractivity (Wildman–Crippen MR) is 102 cm³/mol. The van der Waals surface area contributed by atoms with Gasteiger partial charge in [-0.15, -0.1) is 0 Å². The molecule has 1 heterocycles. The fraction of sp³-hybridized carbons (Fsp3) is 0.316. The maximum atomic E-state index is 5.21. The summed E-state index contributed by atoms with van der Waals surface area (Å²) in [5, 5.41) is 3.64. The summed E-state index contributed by atoms with van der Waals surface area (Å²) in [6.45, 7) is 0.806. The normalized spacial score (nSPS) is 12.4. The highest BCUT2D eigenvalue weighted by molar-refractivity contribution is 7.98. The summed E-state index contributed by atoms with van der Waals surface area (Å²) in [5.74, 6) is 2.99. The van der Waals surface area contributed by atoms with E-state index < -0.39 is 0 Å². The Kier molecular flexibility index (Phi) is 5.77. The van der Waals surface area contributed by atoms with Crippen molar-refractivity contribution in [1.82, 2.24) is 15.3 Å². The first-order chi connectivity index (χ1) is 11.8. The fourth-order valence-corrected chi connectivity index (χ4v) is 3.16. The number of fused-ring (bicyclic) bond motifs is 1. The molecule has 0 aliphatic heterocycles. The first-order valence-electron chi connectivity index (χ1n) is 8.10. The molecule has 3 aromatic rings. The van der Waals surface area contributed by atoms with Gasteiger partial charge in [-0.3, -0.25) is 0 Å². The summed E-state index contributed by atoms with van der Waals surface area (Å²) < 4.78 is 5.21. The van der Waals surface area contributed by atoms with Crippen LogP contribution in [0.25, 0.3) is 11.0 Å². The van der Waals surface area contributed by atoms with Crippen molar-refractivity contribution in [3.8, 4) is 5.75 Å². The molecule has 1 atom stereocenters. The van der Waals surface area contributed by atoms with Crippen LogP contribution in [0.4, 0.5) is 0 Å². The summed E-state index contributed by atoms with van der Waals surface area (Å²) in [4.78, 5) is 8.21. The number of methoxy groups -OCH3 is 1. The number of nitrogens with zero attached hydrogens (tertiary/aromatic N) is 1. The lowest BCUT2D eigenvalue weighted by atomic mass is 10.1. The number of aromatic amines is 1. The summed E-state index contributed by atoms with van der Waals surface area (Å²) in [5.41, 5.74) is 3.35. The van der Waals surface area contributed by atoms with Crippen LogP contribution in [-0.4, -0.2) is 29.1 Å². The number of thioether (sulfide) groups is 1. The van der Waals surface area contributed by atoms with Crippen molar-refractivity contribution in [3.63, 3.8) is 0 Å². The number of H-pyrrole nitrogens is 1. The van der Waals surface area contributed by atoms with E-state index in [4.69, 9.17) is 9.72 Å². The number of para-hydroxylation sites is 2. The summed E-state index contributed by atoms with van der Waals surface area (Å²) in [6, 6.07) is 16.6. The molecule has 0 radical (unpaired) electrons. The van der Waals surface area contributed by atoms with E-state index in [1.54, 1.807) is 7.11 Å². The second-order valence-electron chi connectivity index (χ2n) is 5.70. The van der Waals surface area contributed by atoms with E-state index in [1.165, 1.54) is 5.56 Å². The SMILES string of the molecule is COc1ccc(CNC(CCSC)c2nc3ccccc3[nH]2)cc1. The second-order valence-corrected chi connectivity index (χ2v) is 6.69. The molecule has 5 heteroatoms. The van der Waals surface area contributed by atoms with Crippen LogP contribution in [0.15, 0.2) is 48.5 Å². The number of ether oxygens (including phenoxy) is 1. The van der Waals surface area contributed by atoms with Gasteiger partial charge in [-0.25, -0.2) is 4.98 Å². The van der Waals surface area contributed by atoms with Gasteiger partial charge in [0.25, 0.3) is 0 Å². The molecule has 0 saturated carbocycles. The summed E-state index contributed by atoms with van der Waals surface area (Å²) in [6.07, 6.45) is 3.18. The molecule has 126 valence electrons. The number of rotatable bonds is 8. The van der Waals surface area contributed by atoms with Crippen molar-refractivity contribution in [3.05, 3.63) is 59.9 Å². The highest BCUT2D eigenvalue weighted by Gasteiger charge is 2.15. The highest BCUT2D eigenvalue weighted by atomic mass is 32.2. The molecule has 24 heavy (non-hydrogen) atoms. The van der Waals surface area contributed by atoms with E-state index in [0.29, 0.717) is 0 Å². The Balaban J connectivity index is 1.72. The molecule has 0 saturated heterocycles. The Labute approximate surface area is 147 Å². The Morgan fingerprint density at radius 3 is 2.67 bits per heavy atom. The molecule has 1 unspecified atom stereocenters. The van der Waals surface area contributed by atoms with Crippen molar-refractivity contribution >= 4 is 22.8 Å². The quantitative estimate of drug-likeness (QED) is 0.646. The molecule has 0 bridgehead atoms. The van der Waals surface area contributed by atoms with E-state index >= 15 is 0 Å². The van der Waals surface area contributed by atoms with Crippen molar-refractivity contribution in [2.24, 2.45) is 0 Å². The Bertz CT molecular complexity index is 737. The first kappa shape index (κ1) is 16.9. The van der Waals surface area contributed by atoms with E-state index in [-0.39, 0.29) is 6.04 Å². The molecule has 4 nitrogen and oxygen atoms in total. The zero-order valence-corrected chi connectivity index (χ0v) is 14.9. The molecular formula is C19H23N3OS. The number of hydrogen-bond donors (Lipinski definition) is 2. The van der Waals surface area contributed by atoms with Gasteiger partial charge < -0.3 is 15.0 Å². The van der Waals surface area contributed by atoms with Crippen molar-refractivity contribution in [2.75, 3.05) is 19.1 Å². The molecular weight excluding hydrogens is 318 g/mol. The molecule has 0 aliphatic rings. The van der Waals surface area contributed by atoms with Gasteiger partial charge in [0, 0.05) is 6.54 Å². The third-order valence-corrected chi connectivity index (χ3v) is 4.70. The van der Waals surface area contributed by atoms with Crippen LogP contribution in [-0.2, 0) is 6.54 Å². The zero-order chi connectivity index (χ0) is 16.8. The Hall–Kier alpha value is -1.98. The number of benzene rings is 2. The monoisotopic (exact) mass is 341 g/mol. The third-order valence-electron chi connectivity index (χ3n) is 4.06. The maximum Gasteiger partial charge on any atom is 0.124 e. The van der Waals surface area contributed by atoms with Gasteiger partial charge in [0.1, 0.15) is 11.6 Å². The molecule has 0 fully saturated rings. The third kappa shape index (κ3) is 4.10. The van der Waals surface area contributed by atoms with Gasteiger partial charge in [0.15, 0.2) is 0 Å². The largest absolute Gasteiger partial charge is 0.497 e. The van der Waals surface area contributed by atoms with Gasteiger partial charge in [0.05, 0.1) is 24.2 Å². The molecule has 2 N–H and O–H groups in total. The average Bonchev–Trinajstić information content (AvgIpc) is 3.06. The van der Waals surface area contributed by atoms with Crippen molar-refractivity contribution < 1.29 is 4.74 Å². The minimum atomic E-state index is 0.215. The number of hydrogen-bond acceptors (Lipinski definition) is 4. The highest BCUT2D eigenvalue weighted by Crippen LogP contribution is 2.21. The van der Waals surface area contributed by atoms with Crippen LogP contribution < -0.4 is 10.1 Å². The van der Waals surface area contributed by atoms with Crippen LogP contribution >= 0.6 is 11.8 Å². The average molecular weight is 341 g/mol. The summed E-state index contributed by atoms with van der Waals surface area (Å²) in [7, 11) is 1.69. The second kappa shape index (κ2) is 8.22. The lowest BCUT2D eigenvalue weighted by Gasteiger charge is -2.16. The minimum Gasteiger partial charge on any atom is -0.497 e. The van der Waals surface area contributed by atoms with E-state index in [1.807, 2.05) is 42.1 Å². The van der Waals surface area contributed by atoms with E-state index in [0.717, 1.165) is 41.3 Å². The molecule has 0 spiro atoms. The molecule has 3 rings (SSSR count). The van der Waals surface area contributed by atoms with Crippen LogP contribution in [0.5, 0.6) is 5.75 Å². The molecule has 0 amide bonds. The lowest BCUT2D eigenvalue weighted by Crippen LogP contribution is -2.22.